The van der Waals surface area contributed by atoms with E-state index in [1.54, 1.807) is 0 Å². The molecule has 0 fully saturated rings. The molecule has 0 unspecified atom stereocenters. The summed E-state index contributed by atoms with van der Waals surface area (Å²) >= 11 is 3.66. The first kappa shape index (κ1) is 15.7. The lowest BCUT2D eigenvalue weighted by molar-refractivity contribution is -0.557. The van der Waals surface area contributed by atoms with Crippen molar-refractivity contribution in [1.82, 2.24) is 0 Å². The van der Waals surface area contributed by atoms with E-state index in [0.29, 0.717) is 0 Å². The quantitative estimate of drug-likeness (QED) is 0.473. The maximum absolute atomic E-state index is 3.64. The second-order valence-electron chi connectivity index (χ2n) is 4.11. The van der Waals surface area contributed by atoms with Gasteiger partial charge in [-0.1, -0.05) is 54.9 Å². The Morgan fingerprint density at radius 3 is 2.20 bits per heavy atom. The lowest BCUT2D eigenvalue weighted by atomic mass is 9.98. The molecule has 0 spiro atoms. The Labute approximate surface area is 122 Å². The first-order valence-corrected chi connectivity index (χ1v) is 7.66. The van der Waals surface area contributed by atoms with Gasteiger partial charge in [0.2, 0.25) is 0 Å². The Hall–Kier alpha value is 0.650. The molecule has 0 amide bonds. The summed E-state index contributed by atoms with van der Waals surface area (Å²) < 4.78 is 5.14. The standard InChI is InChI=1S/C12H15BrI.BrH/c1-12(2,3)11(13)9-14-10-7-5-4-6-8-10;/h4-9H,1-3H3;1H/q+1;/p-1/b11-9-;. The number of benzene rings is 1. The van der Waals surface area contributed by atoms with Crippen LogP contribution in [-0.4, -0.2) is 0 Å². The van der Waals surface area contributed by atoms with Crippen molar-refractivity contribution in [2.75, 3.05) is 0 Å². The zero-order valence-corrected chi connectivity index (χ0v) is 14.4. The van der Waals surface area contributed by atoms with Crippen molar-refractivity contribution in [2.24, 2.45) is 5.41 Å². The van der Waals surface area contributed by atoms with E-state index in [1.807, 2.05) is 0 Å². The molecule has 1 aromatic rings. The van der Waals surface area contributed by atoms with E-state index in [9.17, 15) is 0 Å². The summed E-state index contributed by atoms with van der Waals surface area (Å²) in [5.74, 6) is 0. The van der Waals surface area contributed by atoms with Crippen LogP contribution in [0.25, 0.3) is 0 Å². The zero-order chi connectivity index (χ0) is 10.6. The summed E-state index contributed by atoms with van der Waals surface area (Å²) in [5.41, 5.74) is 0.245. The highest BCUT2D eigenvalue weighted by atomic mass is 127. The van der Waals surface area contributed by atoms with Crippen molar-refractivity contribution in [3.8, 4) is 0 Å². The van der Waals surface area contributed by atoms with Crippen molar-refractivity contribution in [2.45, 2.75) is 20.8 Å². The van der Waals surface area contributed by atoms with E-state index < -0.39 is 0 Å². The number of allylic oxidation sites excluding steroid dienone is 1. The molecular formula is C12H15Br2I. The zero-order valence-electron chi connectivity index (χ0n) is 9.10. The van der Waals surface area contributed by atoms with Gasteiger partial charge >= 0.3 is 21.2 Å². The molecule has 0 nitrogen and oxygen atoms in total. The maximum atomic E-state index is 3.64. The van der Waals surface area contributed by atoms with E-state index >= 15 is 0 Å². The Kier molecular flexibility index (Phi) is 7.38. The highest BCUT2D eigenvalue weighted by Crippen LogP contribution is 2.28. The van der Waals surface area contributed by atoms with Gasteiger partial charge in [-0.3, -0.25) is 0 Å². The maximum Gasteiger partial charge on any atom is 0.350 e. The lowest BCUT2D eigenvalue weighted by Crippen LogP contribution is -3.59. The molecule has 0 aliphatic carbocycles. The number of hydrogen-bond donors (Lipinski definition) is 0. The van der Waals surface area contributed by atoms with E-state index in [-0.39, 0.29) is 43.6 Å². The van der Waals surface area contributed by atoms with E-state index in [1.165, 1.54) is 8.05 Å². The summed E-state index contributed by atoms with van der Waals surface area (Å²) in [5, 5.41) is 0. The van der Waals surface area contributed by atoms with Crippen LogP contribution < -0.4 is 38.2 Å². The minimum Gasteiger partial charge on any atom is -1.00 e. The fourth-order valence-electron chi connectivity index (χ4n) is 0.762. The van der Waals surface area contributed by atoms with Gasteiger partial charge in [0.25, 0.3) is 0 Å². The Morgan fingerprint density at radius 2 is 1.73 bits per heavy atom. The third-order valence-corrected chi connectivity index (χ3v) is 6.37. The number of halogens is 3. The summed E-state index contributed by atoms with van der Waals surface area (Å²) in [6.07, 6.45) is 0. The first-order chi connectivity index (χ1) is 6.50. The first-order valence-electron chi connectivity index (χ1n) is 4.55. The third-order valence-electron chi connectivity index (χ3n) is 1.73. The van der Waals surface area contributed by atoms with Crippen LogP contribution in [0.5, 0.6) is 0 Å². The number of hydrogen-bond acceptors (Lipinski definition) is 0. The molecule has 1 aromatic carbocycles. The highest BCUT2D eigenvalue weighted by molar-refractivity contribution is 9.11. The number of rotatable bonds is 2. The predicted octanol–water partition coefficient (Wildman–Crippen LogP) is -1.77. The van der Waals surface area contributed by atoms with Crippen LogP contribution in [0, 0.1) is 8.99 Å². The lowest BCUT2D eigenvalue weighted by Gasteiger charge is -2.14. The molecule has 0 radical (unpaired) electrons. The summed E-state index contributed by atoms with van der Waals surface area (Å²) in [4.78, 5) is 0. The summed E-state index contributed by atoms with van der Waals surface area (Å²) in [6.45, 7) is 6.67. The molecule has 0 bridgehead atoms. The monoisotopic (exact) mass is 444 g/mol. The van der Waals surface area contributed by atoms with Gasteiger partial charge in [-0.2, -0.15) is 0 Å². The molecule has 0 heterocycles. The molecule has 0 aliphatic rings. The van der Waals surface area contributed by atoms with Crippen molar-refractivity contribution >= 4 is 15.9 Å². The average molecular weight is 446 g/mol. The van der Waals surface area contributed by atoms with Gasteiger partial charge in [-0.15, -0.1) is 0 Å². The molecular weight excluding hydrogens is 431 g/mol. The molecule has 84 valence electrons. The minimum atomic E-state index is 0. The minimum absolute atomic E-state index is 0. The van der Waals surface area contributed by atoms with Gasteiger partial charge in [0.05, 0.1) is 0 Å². The Balaban J connectivity index is 0.00000196. The largest absolute Gasteiger partial charge is 1.00 e. The smallest absolute Gasteiger partial charge is 0.350 e. The second kappa shape index (κ2) is 7.07. The molecule has 1 rings (SSSR count). The van der Waals surface area contributed by atoms with Gasteiger partial charge in [-0.05, 0) is 17.5 Å². The topological polar surface area (TPSA) is 0 Å². The van der Waals surface area contributed by atoms with Crippen molar-refractivity contribution < 1.29 is 38.2 Å². The Morgan fingerprint density at radius 1 is 1.20 bits per heavy atom. The van der Waals surface area contributed by atoms with Crippen molar-refractivity contribution in [3.05, 3.63) is 42.5 Å². The summed E-state index contributed by atoms with van der Waals surface area (Å²) in [7, 11) is 0. The van der Waals surface area contributed by atoms with Gasteiger partial charge < -0.3 is 17.0 Å². The van der Waals surface area contributed by atoms with E-state index in [0.717, 1.165) is 0 Å². The SMILES string of the molecule is CC(C)(C)/C(Br)=C/[I+]c1ccccc1.[Br-]. The van der Waals surface area contributed by atoms with Crippen LogP contribution in [0.4, 0.5) is 0 Å². The normalized spacial score (nSPS) is 12.1. The Bertz CT molecular complexity index is 312. The molecule has 0 atom stereocenters. The van der Waals surface area contributed by atoms with Crippen LogP contribution in [-0.2, 0) is 0 Å². The van der Waals surface area contributed by atoms with Crippen LogP contribution >= 0.6 is 15.9 Å². The van der Waals surface area contributed by atoms with Crippen molar-refractivity contribution in [3.63, 3.8) is 0 Å². The van der Waals surface area contributed by atoms with Crippen molar-refractivity contribution in [1.29, 1.82) is 0 Å². The van der Waals surface area contributed by atoms with Crippen LogP contribution in [0.2, 0.25) is 0 Å². The van der Waals surface area contributed by atoms with Gasteiger partial charge in [0, 0.05) is 4.48 Å². The fraction of sp³-hybridized carbons (Fsp3) is 0.333. The molecule has 0 aromatic heterocycles. The van der Waals surface area contributed by atoms with Crippen LogP contribution in [0.15, 0.2) is 38.9 Å². The van der Waals surface area contributed by atoms with Crippen LogP contribution in [0.3, 0.4) is 0 Å². The van der Waals surface area contributed by atoms with E-state index in [4.69, 9.17) is 0 Å². The molecule has 0 N–H and O–H groups in total. The predicted molar refractivity (Wildman–Crippen MR) is 61.6 cm³/mol. The molecule has 0 saturated carbocycles. The fourth-order valence-corrected chi connectivity index (χ4v) is 3.74. The van der Waals surface area contributed by atoms with Gasteiger partial charge in [0.15, 0.2) is 7.65 Å². The second-order valence-corrected chi connectivity index (χ2v) is 7.46. The van der Waals surface area contributed by atoms with Gasteiger partial charge in [-0.25, -0.2) is 0 Å². The van der Waals surface area contributed by atoms with E-state index in [2.05, 4.69) is 71.1 Å². The average Bonchev–Trinajstić information content (AvgIpc) is 2.14. The molecule has 15 heavy (non-hydrogen) atoms. The highest BCUT2D eigenvalue weighted by Gasteiger charge is 2.18. The third kappa shape index (κ3) is 6.07. The summed E-state index contributed by atoms with van der Waals surface area (Å²) in [6, 6.07) is 10.7. The molecule has 0 saturated heterocycles. The molecule has 3 heteroatoms. The van der Waals surface area contributed by atoms with Gasteiger partial charge in [0.1, 0.15) is 0 Å². The van der Waals surface area contributed by atoms with Crippen LogP contribution in [0.1, 0.15) is 20.8 Å². The molecule has 0 aliphatic heterocycles.